The quantitative estimate of drug-likeness (QED) is 0.828. The second kappa shape index (κ2) is 5.35. The summed E-state index contributed by atoms with van der Waals surface area (Å²) >= 11 is 1.77. The normalized spacial score (nSPS) is 35.2. The van der Waals surface area contributed by atoms with Crippen molar-refractivity contribution in [2.24, 2.45) is 5.92 Å². The highest BCUT2D eigenvalue weighted by Crippen LogP contribution is 2.49. The molecule has 0 spiro atoms. The van der Waals surface area contributed by atoms with E-state index < -0.39 is 0 Å². The van der Waals surface area contributed by atoms with Crippen LogP contribution in [-0.2, 0) is 0 Å². The molecular formula is C19H21N3O2S. The van der Waals surface area contributed by atoms with Crippen LogP contribution in [0.2, 0.25) is 0 Å². The van der Waals surface area contributed by atoms with Gasteiger partial charge in [0.25, 0.3) is 0 Å². The van der Waals surface area contributed by atoms with Gasteiger partial charge in [-0.05, 0) is 49.5 Å². The minimum atomic E-state index is 0.342. The zero-order chi connectivity index (χ0) is 16.4. The number of piperidine rings is 3. The number of aromatic nitrogens is 1. The Balaban J connectivity index is 1.42. The Labute approximate surface area is 151 Å². The molecule has 3 atom stereocenters. The molecule has 0 unspecified atom stereocenters. The maximum Gasteiger partial charge on any atom is 0.231 e. The van der Waals surface area contributed by atoms with E-state index in [2.05, 4.69) is 38.4 Å². The summed E-state index contributed by atoms with van der Waals surface area (Å²) < 4.78 is 11.1. The van der Waals surface area contributed by atoms with Crippen molar-refractivity contribution in [3.63, 3.8) is 0 Å². The number of benzene rings is 1. The summed E-state index contributed by atoms with van der Waals surface area (Å²) in [5.41, 5.74) is 1.38. The molecule has 5 aliphatic heterocycles. The van der Waals surface area contributed by atoms with Crippen molar-refractivity contribution in [1.29, 1.82) is 0 Å². The number of ether oxygens (including phenoxy) is 2. The van der Waals surface area contributed by atoms with Gasteiger partial charge in [-0.1, -0.05) is 6.07 Å². The van der Waals surface area contributed by atoms with Crippen LogP contribution in [0.5, 0.6) is 11.5 Å². The predicted molar refractivity (Wildman–Crippen MR) is 96.6 cm³/mol. The van der Waals surface area contributed by atoms with Crippen molar-refractivity contribution < 1.29 is 9.47 Å². The van der Waals surface area contributed by atoms with Gasteiger partial charge in [0.1, 0.15) is 0 Å². The number of thiazole rings is 1. The van der Waals surface area contributed by atoms with E-state index >= 15 is 0 Å². The summed E-state index contributed by atoms with van der Waals surface area (Å²) in [7, 11) is 0. The zero-order valence-corrected chi connectivity index (χ0v) is 14.8. The summed E-state index contributed by atoms with van der Waals surface area (Å²) in [6, 6.07) is 7.72. The Morgan fingerprint density at radius 1 is 1.08 bits per heavy atom. The van der Waals surface area contributed by atoms with E-state index in [9.17, 15) is 0 Å². The molecule has 130 valence electrons. The maximum absolute atomic E-state index is 5.64. The first kappa shape index (κ1) is 14.4. The van der Waals surface area contributed by atoms with Gasteiger partial charge in [0, 0.05) is 30.1 Å². The Bertz CT molecular complexity index is 788. The van der Waals surface area contributed by atoms with Crippen LogP contribution < -0.4 is 14.4 Å². The van der Waals surface area contributed by atoms with E-state index in [1.54, 1.807) is 11.3 Å². The lowest BCUT2D eigenvalue weighted by Gasteiger charge is -2.51. The van der Waals surface area contributed by atoms with Crippen LogP contribution in [0, 0.1) is 5.92 Å². The average Bonchev–Trinajstić information content (AvgIpc) is 3.40. The lowest BCUT2D eigenvalue weighted by atomic mass is 9.75. The van der Waals surface area contributed by atoms with Crippen LogP contribution in [0.15, 0.2) is 29.8 Å². The molecule has 4 fully saturated rings. The van der Waals surface area contributed by atoms with Gasteiger partial charge < -0.3 is 14.4 Å². The first-order chi connectivity index (χ1) is 12.4. The fourth-order valence-electron chi connectivity index (χ4n) is 5.44. The van der Waals surface area contributed by atoms with E-state index in [4.69, 9.17) is 9.47 Å². The van der Waals surface area contributed by atoms with E-state index in [1.807, 2.05) is 6.20 Å². The van der Waals surface area contributed by atoms with E-state index in [0.29, 0.717) is 24.8 Å². The molecular weight excluding hydrogens is 334 g/mol. The molecule has 5 nitrogen and oxygen atoms in total. The molecule has 2 bridgehead atoms. The molecule has 0 amide bonds. The number of rotatable bonds is 2. The molecule has 25 heavy (non-hydrogen) atoms. The van der Waals surface area contributed by atoms with Crippen LogP contribution in [0.1, 0.15) is 24.3 Å². The summed E-state index contributed by atoms with van der Waals surface area (Å²) in [6.45, 7) is 3.89. The van der Waals surface area contributed by atoms with Gasteiger partial charge >= 0.3 is 0 Å². The number of anilines is 1. The van der Waals surface area contributed by atoms with E-state index in [1.165, 1.54) is 36.6 Å². The summed E-state index contributed by atoms with van der Waals surface area (Å²) in [5.74, 6) is 3.09. The van der Waals surface area contributed by atoms with Crippen molar-refractivity contribution in [3.8, 4) is 11.5 Å². The monoisotopic (exact) mass is 355 g/mol. The molecule has 6 heterocycles. The minimum Gasteiger partial charge on any atom is -0.454 e. The van der Waals surface area contributed by atoms with Gasteiger partial charge in [-0.15, -0.1) is 11.3 Å². The summed E-state index contributed by atoms with van der Waals surface area (Å²) in [5, 5.41) is 3.28. The van der Waals surface area contributed by atoms with Gasteiger partial charge in [0.05, 0.1) is 6.04 Å². The van der Waals surface area contributed by atoms with Crippen molar-refractivity contribution in [3.05, 3.63) is 35.3 Å². The Hall–Kier alpha value is -1.79. The zero-order valence-electron chi connectivity index (χ0n) is 14.0. The van der Waals surface area contributed by atoms with Crippen LogP contribution in [0.3, 0.4) is 0 Å². The second-order valence-electron chi connectivity index (χ2n) is 7.54. The van der Waals surface area contributed by atoms with Crippen molar-refractivity contribution >= 4 is 16.5 Å². The molecule has 0 N–H and O–H groups in total. The number of nitrogens with zero attached hydrogens (tertiary/aromatic N) is 3. The number of hydrogen-bond donors (Lipinski definition) is 0. The van der Waals surface area contributed by atoms with Gasteiger partial charge in [0.2, 0.25) is 6.79 Å². The molecule has 1 aromatic carbocycles. The minimum absolute atomic E-state index is 0.342. The third-order valence-electron chi connectivity index (χ3n) is 6.48. The molecule has 2 aromatic rings. The molecule has 4 saturated heterocycles. The van der Waals surface area contributed by atoms with Crippen LogP contribution in [0.4, 0.5) is 5.13 Å². The molecule has 5 aliphatic rings. The molecule has 0 saturated carbocycles. The average molecular weight is 355 g/mol. The molecule has 0 radical (unpaired) electrons. The highest BCUT2D eigenvalue weighted by atomic mass is 32.1. The van der Waals surface area contributed by atoms with Gasteiger partial charge in [0.15, 0.2) is 16.6 Å². The molecule has 0 aliphatic carbocycles. The summed E-state index contributed by atoms with van der Waals surface area (Å²) in [4.78, 5) is 9.97. The highest BCUT2D eigenvalue weighted by Gasteiger charge is 2.54. The van der Waals surface area contributed by atoms with Crippen molar-refractivity contribution in [2.75, 3.05) is 31.3 Å². The lowest BCUT2D eigenvalue weighted by Crippen LogP contribution is -2.60. The van der Waals surface area contributed by atoms with Crippen LogP contribution in [-0.4, -0.2) is 48.4 Å². The number of fused-ring (bicyclic) bond motifs is 3. The summed E-state index contributed by atoms with van der Waals surface area (Å²) in [6.07, 6.45) is 4.60. The van der Waals surface area contributed by atoms with Gasteiger partial charge in [-0.3, -0.25) is 4.90 Å². The molecule has 7 rings (SSSR count). The third kappa shape index (κ3) is 2.07. The topological polar surface area (TPSA) is 37.8 Å². The Morgan fingerprint density at radius 3 is 2.80 bits per heavy atom. The fraction of sp³-hybridized carbons (Fsp3) is 0.526. The molecule has 6 heteroatoms. The standard InChI is InChI=1S/C19H21N3O2S/c1-2-15-16(24-11-23-15)9-13(1)14-10-22(19-20-5-8-25-19)17-12-3-6-21(7-4-12)18(14)17/h1-2,5,8-9,12,14,17-18H,3-4,6-7,10-11H2/t14-,17-,18-/m1/s1. The predicted octanol–water partition coefficient (Wildman–Crippen LogP) is 2.94. The van der Waals surface area contributed by atoms with Crippen molar-refractivity contribution in [2.45, 2.75) is 30.8 Å². The maximum atomic E-state index is 5.64. The lowest BCUT2D eigenvalue weighted by molar-refractivity contribution is 0.0355. The van der Waals surface area contributed by atoms with Crippen LogP contribution >= 0.6 is 11.3 Å². The Kier molecular flexibility index (Phi) is 3.08. The van der Waals surface area contributed by atoms with Gasteiger partial charge in [-0.2, -0.15) is 0 Å². The Morgan fingerprint density at radius 2 is 1.96 bits per heavy atom. The second-order valence-corrected chi connectivity index (χ2v) is 8.41. The third-order valence-corrected chi connectivity index (χ3v) is 7.29. The SMILES string of the molecule is c1csc(N2C[C@H](c3ccc4c(c3)OCO4)[C@@H]3[C@H]2C2CCN3CC2)n1. The first-order valence-electron chi connectivity index (χ1n) is 9.18. The first-order valence-corrected chi connectivity index (χ1v) is 10.1. The van der Waals surface area contributed by atoms with E-state index in [-0.39, 0.29) is 0 Å². The number of hydrogen-bond acceptors (Lipinski definition) is 6. The van der Waals surface area contributed by atoms with E-state index in [0.717, 1.165) is 24.0 Å². The molecule has 1 aromatic heterocycles. The van der Waals surface area contributed by atoms with Crippen molar-refractivity contribution in [1.82, 2.24) is 9.88 Å². The van der Waals surface area contributed by atoms with Crippen LogP contribution in [0.25, 0.3) is 0 Å². The highest BCUT2D eigenvalue weighted by molar-refractivity contribution is 7.13. The largest absolute Gasteiger partial charge is 0.454 e. The van der Waals surface area contributed by atoms with Gasteiger partial charge in [-0.25, -0.2) is 4.98 Å². The smallest absolute Gasteiger partial charge is 0.231 e. The fourth-order valence-corrected chi connectivity index (χ4v) is 6.13.